The van der Waals surface area contributed by atoms with E-state index in [4.69, 9.17) is 0 Å². The second kappa shape index (κ2) is 8.62. The Kier molecular flexibility index (Phi) is 6.80. The average molecular weight is 353 g/mol. The molecule has 1 amide bonds. The van der Waals surface area contributed by atoms with E-state index in [0.29, 0.717) is 12.5 Å². The first-order valence-corrected chi connectivity index (χ1v) is 10.2. The predicted molar refractivity (Wildman–Crippen MR) is 95.4 cm³/mol. The molecule has 0 radical (unpaired) electrons. The SMILES string of the molecule is CCCNC(=O)CN(C)S(=O)(=O)c1ccc(C2CCCCC2)cc1. The van der Waals surface area contributed by atoms with E-state index in [1.54, 1.807) is 12.1 Å². The summed E-state index contributed by atoms with van der Waals surface area (Å²) >= 11 is 0. The molecule has 0 saturated heterocycles. The Hall–Kier alpha value is -1.40. The van der Waals surface area contributed by atoms with Crippen molar-refractivity contribution < 1.29 is 13.2 Å². The molecular formula is C18H28N2O3S. The molecule has 2 rings (SSSR count). The average Bonchev–Trinajstić information content (AvgIpc) is 2.60. The van der Waals surface area contributed by atoms with Gasteiger partial charge in [-0.3, -0.25) is 4.79 Å². The lowest BCUT2D eigenvalue weighted by Crippen LogP contribution is -2.38. The number of hydrogen-bond acceptors (Lipinski definition) is 3. The van der Waals surface area contributed by atoms with Crippen LogP contribution in [0, 0.1) is 0 Å². The van der Waals surface area contributed by atoms with E-state index in [0.717, 1.165) is 10.7 Å². The van der Waals surface area contributed by atoms with Crippen LogP contribution in [0.3, 0.4) is 0 Å². The Labute approximate surface area is 145 Å². The Bertz CT molecular complexity index is 635. The molecule has 0 spiro atoms. The largest absolute Gasteiger partial charge is 0.355 e. The van der Waals surface area contributed by atoms with Gasteiger partial charge in [0.05, 0.1) is 11.4 Å². The smallest absolute Gasteiger partial charge is 0.243 e. The van der Waals surface area contributed by atoms with Crippen LogP contribution in [0.5, 0.6) is 0 Å². The number of hydrogen-bond donors (Lipinski definition) is 1. The molecule has 6 heteroatoms. The van der Waals surface area contributed by atoms with Crippen LogP contribution in [0.2, 0.25) is 0 Å². The van der Waals surface area contributed by atoms with Gasteiger partial charge in [0.1, 0.15) is 0 Å². The molecule has 0 heterocycles. The summed E-state index contributed by atoms with van der Waals surface area (Å²) in [5.41, 5.74) is 1.22. The van der Waals surface area contributed by atoms with Gasteiger partial charge in [0, 0.05) is 13.6 Å². The van der Waals surface area contributed by atoms with Gasteiger partial charge in [-0.05, 0) is 42.9 Å². The lowest BCUT2D eigenvalue weighted by molar-refractivity contribution is -0.121. The van der Waals surface area contributed by atoms with E-state index >= 15 is 0 Å². The van der Waals surface area contributed by atoms with E-state index < -0.39 is 10.0 Å². The Morgan fingerprint density at radius 1 is 1.17 bits per heavy atom. The number of carbonyl (C=O) groups is 1. The molecule has 1 aliphatic rings. The number of likely N-dealkylation sites (N-methyl/N-ethyl adjacent to an activating group) is 1. The fraction of sp³-hybridized carbons (Fsp3) is 0.611. The van der Waals surface area contributed by atoms with Crippen molar-refractivity contribution in [3.8, 4) is 0 Å². The zero-order chi connectivity index (χ0) is 17.6. The molecule has 1 aromatic rings. The van der Waals surface area contributed by atoms with Gasteiger partial charge in [-0.25, -0.2) is 8.42 Å². The number of benzene rings is 1. The van der Waals surface area contributed by atoms with Crippen LogP contribution in [-0.4, -0.2) is 38.8 Å². The minimum atomic E-state index is -3.63. The van der Waals surface area contributed by atoms with E-state index in [-0.39, 0.29) is 17.3 Å². The normalized spacial score (nSPS) is 16.3. The first-order chi connectivity index (χ1) is 11.4. The third-order valence-electron chi connectivity index (χ3n) is 4.60. The summed E-state index contributed by atoms with van der Waals surface area (Å²) in [6.07, 6.45) is 6.99. The van der Waals surface area contributed by atoms with Crippen molar-refractivity contribution in [2.75, 3.05) is 20.1 Å². The van der Waals surface area contributed by atoms with Gasteiger partial charge in [-0.1, -0.05) is 38.3 Å². The quantitative estimate of drug-likeness (QED) is 0.820. The molecular weight excluding hydrogens is 324 g/mol. The second-order valence-corrected chi connectivity index (χ2v) is 8.56. The summed E-state index contributed by atoms with van der Waals surface area (Å²) in [5, 5.41) is 2.69. The molecule has 0 aliphatic heterocycles. The van der Waals surface area contributed by atoms with E-state index in [1.165, 1.54) is 44.7 Å². The lowest BCUT2D eigenvalue weighted by Gasteiger charge is -2.22. The van der Waals surface area contributed by atoms with Gasteiger partial charge >= 0.3 is 0 Å². The highest BCUT2D eigenvalue weighted by atomic mass is 32.2. The molecule has 0 atom stereocenters. The number of sulfonamides is 1. The fourth-order valence-electron chi connectivity index (χ4n) is 3.14. The molecule has 0 bridgehead atoms. The first-order valence-electron chi connectivity index (χ1n) is 8.78. The molecule has 1 aliphatic carbocycles. The molecule has 5 nitrogen and oxygen atoms in total. The Balaban J connectivity index is 2.04. The predicted octanol–water partition coefficient (Wildman–Crippen LogP) is 2.88. The highest BCUT2D eigenvalue weighted by Crippen LogP contribution is 2.33. The molecule has 0 unspecified atom stereocenters. The molecule has 134 valence electrons. The van der Waals surface area contributed by atoms with Crippen molar-refractivity contribution >= 4 is 15.9 Å². The van der Waals surface area contributed by atoms with Gasteiger partial charge in [0.25, 0.3) is 0 Å². The van der Waals surface area contributed by atoms with Crippen molar-refractivity contribution in [3.63, 3.8) is 0 Å². The zero-order valence-corrected chi connectivity index (χ0v) is 15.4. The maximum Gasteiger partial charge on any atom is 0.243 e. The summed E-state index contributed by atoms with van der Waals surface area (Å²) in [7, 11) is -2.19. The summed E-state index contributed by atoms with van der Waals surface area (Å²) in [6.45, 7) is 2.35. The molecule has 24 heavy (non-hydrogen) atoms. The number of carbonyl (C=O) groups excluding carboxylic acids is 1. The molecule has 1 fully saturated rings. The second-order valence-electron chi connectivity index (χ2n) is 6.52. The van der Waals surface area contributed by atoms with E-state index in [1.807, 2.05) is 19.1 Å². The summed E-state index contributed by atoms with van der Waals surface area (Å²) in [4.78, 5) is 12.0. The van der Waals surface area contributed by atoms with E-state index in [9.17, 15) is 13.2 Å². The summed E-state index contributed by atoms with van der Waals surface area (Å²) in [6, 6.07) is 7.18. The minimum Gasteiger partial charge on any atom is -0.355 e. The van der Waals surface area contributed by atoms with Gasteiger partial charge in [-0.2, -0.15) is 4.31 Å². The minimum absolute atomic E-state index is 0.160. The fourth-order valence-corrected chi connectivity index (χ4v) is 4.26. The van der Waals surface area contributed by atoms with Crippen LogP contribution in [0.4, 0.5) is 0 Å². The van der Waals surface area contributed by atoms with Crippen LogP contribution in [0.15, 0.2) is 29.2 Å². The van der Waals surface area contributed by atoms with Crippen LogP contribution in [0.1, 0.15) is 56.9 Å². The number of nitrogens with zero attached hydrogens (tertiary/aromatic N) is 1. The molecule has 0 aromatic heterocycles. The van der Waals surface area contributed by atoms with Crippen LogP contribution in [0.25, 0.3) is 0 Å². The maximum absolute atomic E-state index is 12.6. The standard InChI is InChI=1S/C18H28N2O3S/c1-3-13-19-18(21)14-20(2)24(22,23)17-11-9-16(10-12-17)15-7-5-4-6-8-15/h9-12,15H,3-8,13-14H2,1-2H3,(H,19,21). The van der Waals surface area contributed by atoms with Crippen molar-refractivity contribution in [1.29, 1.82) is 0 Å². The van der Waals surface area contributed by atoms with Crippen molar-refractivity contribution in [2.24, 2.45) is 0 Å². The van der Waals surface area contributed by atoms with Crippen LogP contribution in [-0.2, 0) is 14.8 Å². The number of amides is 1. The Morgan fingerprint density at radius 3 is 2.38 bits per heavy atom. The van der Waals surface area contributed by atoms with E-state index in [2.05, 4.69) is 5.32 Å². The van der Waals surface area contributed by atoms with Crippen LogP contribution >= 0.6 is 0 Å². The zero-order valence-electron chi connectivity index (χ0n) is 14.6. The molecule has 1 N–H and O–H groups in total. The van der Waals surface area contributed by atoms with Crippen LogP contribution < -0.4 is 5.32 Å². The number of nitrogens with one attached hydrogen (secondary N) is 1. The highest BCUT2D eigenvalue weighted by Gasteiger charge is 2.23. The molecule has 1 saturated carbocycles. The van der Waals surface area contributed by atoms with Gasteiger partial charge in [-0.15, -0.1) is 0 Å². The number of rotatable bonds is 7. The Morgan fingerprint density at radius 2 is 1.79 bits per heavy atom. The van der Waals surface area contributed by atoms with Crippen molar-refractivity contribution in [2.45, 2.75) is 56.3 Å². The van der Waals surface area contributed by atoms with Crippen molar-refractivity contribution in [3.05, 3.63) is 29.8 Å². The lowest BCUT2D eigenvalue weighted by atomic mass is 9.84. The van der Waals surface area contributed by atoms with Gasteiger partial charge in [0.2, 0.25) is 15.9 Å². The van der Waals surface area contributed by atoms with Crippen molar-refractivity contribution in [1.82, 2.24) is 9.62 Å². The summed E-state index contributed by atoms with van der Waals surface area (Å²) < 4.78 is 26.3. The first kappa shape index (κ1) is 18.9. The monoisotopic (exact) mass is 352 g/mol. The van der Waals surface area contributed by atoms with Gasteiger partial charge < -0.3 is 5.32 Å². The summed E-state index contributed by atoms with van der Waals surface area (Å²) in [5.74, 6) is 0.273. The third kappa shape index (κ3) is 4.80. The van der Waals surface area contributed by atoms with Gasteiger partial charge in [0.15, 0.2) is 0 Å². The maximum atomic E-state index is 12.6. The highest BCUT2D eigenvalue weighted by molar-refractivity contribution is 7.89. The topological polar surface area (TPSA) is 66.5 Å². The third-order valence-corrected chi connectivity index (χ3v) is 6.42. The molecule has 1 aromatic carbocycles.